The van der Waals surface area contributed by atoms with Gasteiger partial charge in [0.1, 0.15) is 17.3 Å². The van der Waals surface area contributed by atoms with Crippen LogP contribution in [0.3, 0.4) is 0 Å². The molecule has 2 heterocycles. The Kier molecular flexibility index (Phi) is 8.29. The van der Waals surface area contributed by atoms with Crippen LogP contribution in [0.2, 0.25) is 0 Å². The lowest BCUT2D eigenvalue weighted by molar-refractivity contribution is 0.195. The van der Waals surface area contributed by atoms with Crippen LogP contribution in [0.5, 0.6) is 11.5 Å². The highest BCUT2D eigenvalue weighted by Gasteiger charge is 2.31. The van der Waals surface area contributed by atoms with Gasteiger partial charge in [-0.05, 0) is 99.0 Å². The number of aryl methyl sites for hydroxylation is 3. The molecule has 1 fully saturated rings. The van der Waals surface area contributed by atoms with Crippen molar-refractivity contribution in [2.24, 2.45) is 0 Å². The molecule has 0 saturated carbocycles. The van der Waals surface area contributed by atoms with Gasteiger partial charge < -0.3 is 9.15 Å². The fourth-order valence-electron chi connectivity index (χ4n) is 5.89. The van der Waals surface area contributed by atoms with Gasteiger partial charge in [0.05, 0.1) is 5.69 Å². The standard InChI is InChI=1S/C37H38N2O2/c1-27-16-25-36(39(27)26-30-19-23-34(24-20-30)41-33-13-7-4-8-14-33)31-21-17-29(18-22-31)10-9-15-35-28(2)40-37(38-35)32-11-5-3-6-12-32/h3-8,11-14,17-24,27,36H,9-10,15-16,25-26H2,1-2H3/t27-,36+/m1/s1. The molecule has 0 unspecified atom stereocenters. The molecular formula is C37H38N2O2. The van der Waals surface area contributed by atoms with Crippen molar-refractivity contribution in [3.05, 3.63) is 137 Å². The first-order valence-electron chi connectivity index (χ1n) is 14.8. The number of oxazole rings is 1. The van der Waals surface area contributed by atoms with Crippen LogP contribution in [0.25, 0.3) is 11.5 Å². The highest BCUT2D eigenvalue weighted by molar-refractivity contribution is 5.53. The number of benzene rings is 4. The molecule has 4 heteroatoms. The Morgan fingerprint density at radius 3 is 2.15 bits per heavy atom. The summed E-state index contributed by atoms with van der Waals surface area (Å²) in [5, 5.41) is 0. The van der Waals surface area contributed by atoms with E-state index in [1.54, 1.807) is 0 Å². The van der Waals surface area contributed by atoms with E-state index in [1.807, 2.05) is 67.6 Å². The van der Waals surface area contributed by atoms with Crippen LogP contribution >= 0.6 is 0 Å². The maximum absolute atomic E-state index is 5.98. The van der Waals surface area contributed by atoms with E-state index in [9.17, 15) is 0 Å². The zero-order valence-electron chi connectivity index (χ0n) is 24.0. The largest absolute Gasteiger partial charge is 0.457 e. The number of rotatable bonds is 10. The highest BCUT2D eigenvalue weighted by atomic mass is 16.5. The van der Waals surface area contributed by atoms with Gasteiger partial charge in [-0.2, -0.15) is 0 Å². The van der Waals surface area contributed by atoms with Crippen molar-refractivity contribution in [3.63, 3.8) is 0 Å². The van der Waals surface area contributed by atoms with E-state index in [0.717, 1.165) is 54.3 Å². The van der Waals surface area contributed by atoms with Gasteiger partial charge in [0.25, 0.3) is 0 Å². The summed E-state index contributed by atoms with van der Waals surface area (Å²) in [7, 11) is 0. The van der Waals surface area contributed by atoms with Crippen LogP contribution in [0.15, 0.2) is 114 Å². The van der Waals surface area contributed by atoms with E-state index in [0.29, 0.717) is 18.0 Å². The third-order valence-corrected chi connectivity index (χ3v) is 8.25. The number of hydrogen-bond acceptors (Lipinski definition) is 4. The summed E-state index contributed by atoms with van der Waals surface area (Å²) in [6.07, 6.45) is 5.44. The van der Waals surface area contributed by atoms with Gasteiger partial charge in [-0.1, -0.05) is 72.8 Å². The van der Waals surface area contributed by atoms with Gasteiger partial charge in [0, 0.05) is 24.2 Å². The Labute approximate surface area is 243 Å². The lowest BCUT2D eigenvalue weighted by atomic mass is 10.00. The monoisotopic (exact) mass is 542 g/mol. The first-order chi connectivity index (χ1) is 20.1. The molecule has 1 saturated heterocycles. The number of nitrogens with zero attached hydrogens (tertiary/aromatic N) is 2. The highest BCUT2D eigenvalue weighted by Crippen LogP contribution is 2.37. The fourth-order valence-corrected chi connectivity index (χ4v) is 5.89. The van der Waals surface area contributed by atoms with Crippen molar-refractivity contribution in [2.45, 2.75) is 64.6 Å². The molecule has 0 bridgehead atoms. The molecule has 0 radical (unpaired) electrons. The Balaban J connectivity index is 1.04. The van der Waals surface area contributed by atoms with Crippen molar-refractivity contribution in [2.75, 3.05) is 0 Å². The molecule has 5 aromatic rings. The summed E-state index contributed by atoms with van der Waals surface area (Å²) in [5.74, 6) is 3.38. The van der Waals surface area contributed by atoms with Crippen LogP contribution in [0.4, 0.5) is 0 Å². The average molecular weight is 543 g/mol. The summed E-state index contributed by atoms with van der Waals surface area (Å²) >= 11 is 0. The lowest BCUT2D eigenvalue weighted by Gasteiger charge is -2.29. The maximum atomic E-state index is 5.98. The summed E-state index contributed by atoms with van der Waals surface area (Å²) < 4.78 is 11.9. The molecule has 1 aliphatic heterocycles. The van der Waals surface area contributed by atoms with Gasteiger partial charge in [0.15, 0.2) is 0 Å². The molecule has 0 amide bonds. The summed E-state index contributed by atoms with van der Waals surface area (Å²) in [6, 6.07) is 39.0. The van der Waals surface area contributed by atoms with Gasteiger partial charge >= 0.3 is 0 Å². The third kappa shape index (κ3) is 6.61. The SMILES string of the molecule is Cc1oc(-c2ccccc2)nc1CCCc1ccc([C@@H]2CC[C@@H](C)N2Cc2ccc(Oc3ccccc3)cc2)cc1. The third-order valence-electron chi connectivity index (χ3n) is 8.25. The van der Waals surface area contributed by atoms with E-state index in [-0.39, 0.29) is 0 Å². The normalized spacial score (nSPS) is 17.1. The molecule has 1 aliphatic rings. The number of para-hydroxylation sites is 1. The molecule has 41 heavy (non-hydrogen) atoms. The van der Waals surface area contributed by atoms with Gasteiger partial charge in [0.2, 0.25) is 5.89 Å². The quantitative estimate of drug-likeness (QED) is 0.176. The summed E-state index contributed by atoms with van der Waals surface area (Å²) in [4.78, 5) is 7.42. The molecule has 0 N–H and O–H groups in total. The lowest BCUT2D eigenvalue weighted by Crippen LogP contribution is -2.29. The number of hydrogen-bond donors (Lipinski definition) is 0. The fraction of sp³-hybridized carbons (Fsp3) is 0.270. The molecule has 2 atom stereocenters. The van der Waals surface area contributed by atoms with E-state index in [2.05, 4.69) is 60.4 Å². The van der Waals surface area contributed by atoms with Crippen molar-refractivity contribution in [1.29, 1.82) is 0 Å². The van der Waals surface area contributed by atoms with Crippen molar-refractivity contribution in [3.8, 4) is 23.0 Å². The smallest absolute Gasteiger partial charge is 0.226 e. The van der Waals surface area contributed by atoms with Crippen molar-refractivity contribution in [1.82, 2.24) is 9.88 Å². The number of ether oxygens (including phenoxy) is 1. The first-order valence-corrected chi connectivity index (χ1v) is 14.8. The predicted octanol–water partition coefficient (Wildman–Crippen LogP) is 9.34. The van der Waals surface area contributed by atoms with Crippen LogP contribution in [0.1, 0.15) is 60.4 Å². The molecule has 0 spiro atoms. The van der Waals surface area contributed by atoms with Crippen LogP contribution in [-0.4, -0.2) is 15.9 Å². The van der Waals surface area contributed by atoms with Gasteiger partial charge in [-0.25, -0.2) is 4.98 Å². The van der Waals surface area contributed by atoms with Gasteiger partial charge in [-0.3, -0.25) is 4.90 Å². The second-order valence-electron chi connectivity index (χ2n) is 11.2. The molecular weight excluding hydrogens is 504 g/mol. The van der Waals surface area contributed by atoms with E-state index in [4.69, 9.17) is 14.1 Å². The second kappa shape index (κ2) is 12.6. The van der Waals surface area contributed by atoms with E-state index in [1.165, 1.54) is 29.5 Å². The molecule has 4 nitrogen and oxygen atoms in total. The van der Waals surface area contributed by atoms with E-state index >= 15 is 0 Å². The minimum atomic E-state index is 0.452. The zero-order valence-corrected chi connectivity index (χ0v) is 24.0. The van der Waals surface area contributed by atoms with Crippen molar-refractivity contribution < 1.29 is 9.15 Å². The average Bonchev–Trinajstić information content (AvgIpc) is 3.57. The zero-order chi connectivity index (χ0) is 28.0. The molecule has 0 aliphatic carbocycles. The van der Waals surface area contributed by atoms with Crippen LogP contribution in [-0.2, 0) is 19.4 Å². The molecule has 6 rings (SSSR count). The Morgan fingerprint density at radius 2 is 1.41 bits per heavy atom. The topological polar surface area (TPSA) is 38.5 Å². The summed E-state index contributed by atoms with van der Waals surface area (Å²) in [6.45, 7) is 5.32. The Hall–Kier alpha value is -4.15. The van der Waals surface area contributed by atoms with E-state index < -0.39 is 0 Å². The first kappa shape index (κ1) is 27.0. The molecule has 4 aromatic carbocycles. The molecule has 208 valence electrons. The Bertz CT molecular complexity index is 1530. The summed E-state index contributed by atoms with van der Waals surface area (Å²) in [5.41, 5.74) is 6.21. The Morgan fingerprint density at radius 1 is 0.756 bits per heavy atom. The minimum Gasteiger partial charge on any atom is -0.457 e. The minimum absolute atomic E-state index is 0.452. The maximum Gasteiger partial charge on any atom is 0.226 e. The van der Waals surface area contributed by atoms with Gasteiger partial charge in [-0.15, -0.1) is 0 Å². The van der Waals surface area contributed by atoms with Crippen molar-refractivity contribution >= 4 is 0 Å². The van der Waals surface area contributed by atoms with Crippen LogP contribution in [0, 0.1) is 6.92 Å². The van der Waals surface area contributed by atoms with Crippen LogP contribution < -0.4 is 4.74 Å². The number of aromatic nitrogens is 1. The number of likely N-dealkylation sites (tertiary alicyclic amines) is 1. The second-order valence-corrected chi connectivity index (χ2v) is 11.2. The predicted molar refractivity (Wildman–Crippen MR) is 165 cm³/mol. The molecule has 1 aromatic heterocycles.